The van der Waals surface area contributed by atoms with E-state index in [4.69, 9.17) is 12.2 Å². The second kappa shape index (κ2) is 20.1. The van der Waals surface area contributed by atoms with Crippen LogP contribution in [0.25, 0.3) is 22.1 Å². The molecule has 0 unspecified atom stereocenters. The molecule has 0 aliphatic carbocycles. The van der Waals surface area contributed by atoms with Crippen LogP contribution in [0.4, 0.5) is 0 Å². The number of nitrogens with zero attached hydrogens (tertiary/aromatic N) is 8. The number of aromatic amines is 2. The molecule has 2 aliphatic heterocycles. The van der Waals surface area contributed by atoms with E-state index in [1.165, 1.54) is 32.2 Å². The monoisotopic (exact) mass is 1010 g/mol. The van der Waals surface area contributed by atoms with Crippen molar-refractivity contribution in [1.82, 2.24) is 59.2 Å². The number of amides is 2. The largest absolute Gasteiger partial charge is 0.352 e. The SMILES string of the molecule is O=C(NCc1ccc(S(=O)(=O)N2CCC(n3nnc4ccccc43)CC2)s1)c1ccc[nH]c1=O.O=C(NCc1ccc(S(=O)(=O)N2CCC(n3nnc4ccccc43)CC2)s1)c1ccc[nH]c1=S. The summed E-state index contributed by atoms with van der Waals surface area (Å²) in [4.78, 5) is 43.1. The first kappa shape index (κ1) is 46.8. The van der Waals surface area contributed by atoms with Crippen LogP contribution in [0.2, 0.25) is 0 Å². The fourth-order valence-corrected chi connectivity index (χ4v) is 14.2. The molecule has 352 valence electrons. The van der Waals surface area contributed by atoms with E-state index in [1.807, 2.05) is 57.9 Å². The number of carbonyl (C=O) groups excluding carboxylic acids is 2. The summed E-state index contributed by atoms with van der Waals surface area (Å²) >= 11 is 7.42. The lowest BCUT2D eigenvalue weighted by Gasteiger charge is -2.30. The van der Waals surface area contributed by atoms with Gasteiger partial charge in [0, 0.05) is 48.3 Å². The van der Waals surface area contributed by atoms with Crippen LogP contribution in [0.3, 0.4) is 0 Å². The Morgan fingerprint density at radius 2 is 1.04 bits per heavy atom. The van der Waals surface area contributed by atoms with Crippen LogP contribution < -0.4 is 16.2 Å². The third-order valence-electron chi connectivity index (χ3n) is 11.7. The topological polar surface area (TPSA) is 243 Å². The number of H-pyrrole nitrogens is 2. The summed E-state index contributed by atoms with van der Waals surface area (Å²) in [5.41, 5.74) is 3.49. The quantitative estimate of drug-likeness (QED) is 0.109. The number of piperidine rings is 2. The van der Waals surface area contributed by atoms with Gasteiger partial charge in [-0.3, -0.25) is 14.4 Å². The van der Waals surface area contributed by atoms with E-state index in [0.29, 0.717) is 66.9 Å². The smallest absolute Gasteiger partial charge is 0.260 e. The maximum absolute atomic E-state index is 13.2. The molecule has 2 saturated heterocycles. The first-order valence-electron chi connectivity index (χ1n) is 21.6. The van der Waals surface area contributed by atoms with Crippen molar-refractivity contribution < 1.29 is 26.4 Å². The molecule has 24 heteroatoms. The van der Waals surface area contributed by atoms with Crippen LogP contribution in [0.5, 0.6) is 0 Å². The molecule has 19 nitrogen and oxygen atoms in total. The molecule has 0 atom stereocenters. The number of sulfonamides is 2. The van der Waals surface area contributed by atoms with Gasteiger partial charge in [0.2, 0.25) is 0 Å². The molecule has 2 aromatic carbocycles. The van der Waals surface area contributed by atoms with Crippen molar-refractivity contribution in [3.63, 3.8) is 0 Å². The summed E-state index contributed by atoms with van der Waals surface area (Å²) in [5.74, 6) is -0.815. The summed E-state index contributed by atoms with van der Waals surface area (Å²) in [6.07, 6.45) is 5.73. The van der Waals surface area contributed by atoms with Crippen LogP contribution in [-0.2, 0) is 33.1 Å². The highest BCUT2D eigenvalue weighted by molar-refractivity contribution is 7.91. The lowest BCUT2D eigenvalue weighted by molar-refractivity contribution is 0.0942. The molecule has 8 heterocycles. The Labute approximate surface area is 402 Å². The van der Waals surface area contributed by atoms with Crippen molar-refractivity contribution in [2.75, 3.05) is 26.2 Å². The standard InChI is InChI=1S/C22H22N6O4S2.C22H22N6O3S3/c29-21-17(4-3-11-23-21)22(30)24-14-16-7-8-20(33-16)34(31,32)27-12-9-15(10-13-27)28-19-6-2-1-5-18(19)25-26-28;29-21(17-4-3-11-23-22(17)32)24-14-16-7-8-20(33-16)34(30,31)27-12-9-15(10-13-27)28-19-6-2-1-5-18(19)25-26-28/h1-8,11,15H,9-10,12-14H2,(H,23,29)(H,24,30);1-8,11,15H,9-10,12-14H2,(H,23,32)(H,24,29). The number of hydrogen-bond donors (Lipinski definition) is 4. The zero-order valence-electron chi connectivity index (χ0n) is 36.1. The molecule has 2 amide bonds. The first-order valence-corrected chi connectivity index (χ1v) is 26.5. The number of aromatic nitrogens is 8. The number of fused-ring (bicyclic) bond motifs is 2. The Kier molecular flexibility index (Phi) is 13.9. The predicted molar refractivity (Wildman–Crippen MR) is 259 cm³/mol. The van der Waals surface area contributed by atoms with Crippen LogP contribution in [0.1, 0.15) is 68.2 Å². The molecule has 10 rings (SSSR count). The first-order chi connectivity index (χ1) is 32.9. The number of rotatable bonds is 12. The number of para-hydroxylation sites is 2. The lowest BCUT2D eigenvalue weighted by atomic mass is 10.1. The van der Waals surface area contributed by atoms with Gasteiger partial charge in [-0.2, -0.15) is 8.61 Å². The van der Waals surface area contributed by atoms with E-state index in [2.05, 4.69) is 41.2 Å². The van der Waals surface area contributed by atoms with Gasteiger partial charge in [-0.05, 0) is 98.5 Å². The average Bonchev–Trinajstić information content (AvgIpc) is 4.21. The minimum absolute atomic E-state index is 0.00920. The molecular weight excluding hydrogens is 969 g/mol. The van der Waals surface area contributed by atoms with Crippen molar-refractivity contribution in [1.29, 1.82) is 0 Å². The maximum Gasteiger partial charge on any atom is 0.260 e. The van der Waals surface area contributed by atoms with Crippen LogP contribution >= 0.6 is 34.9 Å². The Morgan fingerprint density at radius 1 is 0.603 bits per heavy atom. The van der Waals surface area contributed by atoms with Crippen LogP contribution in [0.15, 0.2) is 123 Å². The highest BCUT2D eigenvalue weighted by atomic mass is 32.3. The van der Waals surface area contributed by atoms with Crippen molar-refractivity contribution >= 4 is 88.8 Å². The molecule has 6 aromatic heterocycles. The predicted octanol–water partition coefficient (Wildman–Crippen LogP) is 5.64. The van der Waals surface area contributed by atoms with E-state index in [0.717, 1.165) is 38.3 Å². The van der Waals surface area contributed by atoms with Gasteiger partial charge < -0.3 is 20.6 Å². The zero-order valence-corrected chi connectivity index (χ0v) is 40.2. The molecule has 8 aromatic rings. The molecule has 2 fully saturated rings. The molecule has 0 radical (unpaired) electrons. The molecular formula is C44H44N12O7S5. The van der Waals surface area contributed by atoms with Crippen molar-refractivity contribution in [2.24, 2.45) is 0 Å². The zero-order chi connectivity index (χ0) is 47.4. The summed E-state index contributed by atoms with van der Waals surface area (Å²) < 4.78 is 60.5. The van der Waals surface area contributed by atoms with Crippen molar-refractivity contribution in [3.05, 3.63) is 145 Å². The second-order valence-electron chi connectivity index (χ2n) is 15.9. The molecule has 0 bridgehead atoms. The van der Waals surface area contributed by atoms with E-state index in [-0.39, 0.29) is 45.1 Å². The molecule has 68 heavy (non-hydrogen) atoms. The van der Waals surface area contributed by atoms with Crippen LogP contribution in [-0.4, -0.2) is 103 Å². The number of hydrogen-bond acceptors (Lipinski definition) is 14. The van der Waals surface area contributed by atoms with Gasteiger partial charge in [0.05, 0.1) is 41.8 Å². The Bertz CT molecular complexity index is 3230. The normalized spacial score (nSPS) is 15.5. The summed E-state index contributed by atoms with van der Waals surface area (Å²) in [6.45, 7) is 1.97. The highest BCUT2D eigenvalue weighted by Gasteiger charge is 2.33. The third-order valence-corrected chi connectivity index (χ3v) is 19.0. The summed E-state index contributed by atoms with van der Waals surface area (Å²) in [7, 11) is -7.24. The minimum atomic E-state index is -3.63. The number of benzene rings is 2. The highest BCUT2D eigenvalue weighted by Crippen LogP contribution is 2.33. The van der Waals surface area contributed by atoms with Gasteiger partial charge in [0.25, 0.3) is 37.4 Å². The van der Waals surface area contributed by atoms with E-state index < -0.39 is 31.5 Å². The molecule has 4 N–H and O–H groups in total. The van der Waals surface area contributed by atoms with Gasteiger partial charge in [0.15, 0.2) is 0 Å². The van der Waals surface area contributed by atoms with E-state index in [1.54, 1.807) is 48.7 Å². The number of carbonyl (C=O) groups is 2. The third kappa shape index (κ3) is 9.97. The van der Waals surface area contributed by atoms with Crippen molar-refractivity contribution in [3.8, 4) is 0 Å². The van der Waals surface area contributed by atoms with Crippen LogP contribution in [0, 0.1) is 4.64 Å². The van der Waals surface area contributed by atoms with Gasteiger partial charge in [-0.15, -0.1) is 32.9 Å². The number of nitrogens with one attached hydrogen (secondary N) is 4. The lowest BCUT2D eigenvalue weighted by Crippen LogP contribution is -2.38. The fraction of sp³-hybridized carbons (Fsp3) is 0.273. The summed E-state index contributed by atoms with van der Waals surface area (Å²) in [5, 5.41) is 22.4. The maximum atomic E-state index is 13.2. The second-order valence-corrected chi connectivity index (χ2v) is 23.0. The van der Waals surface area contributed by atoms with Gasteiger partial charge in [-0.25, -0.2) is 26.2 Å². The summed E-state index contributed by atoms with van der Waals surface area (Å²) in [6, 6.07) is 28.7. The van der Waals surface area contributed by atoms with Gasteiger partial charge in [-0.1, -0.05) is 46.9 Å². The number of thiophene rings is 2. The molecule has 0 spiro atoms. The average molecular weight is 1010 g/mol. The fourth-order valence-electron chi connectivity index (χ4n) is 8.13. The minimum Gasteiger partial charge on any atom is -0.352 e. The van der Waals surface area contributed by atoms with Crippen molar-refractivity contribution in [2.45, 2.75) is 59.3 Å². The van der Waals surface area contributed by atoms with E-state index >= 15 is 0 Å². The number of pyridine rings is 2. The Morgan fingerprint density at radius 3 is 1.51 bits per heavy atom. The molecule has 0 saturated carbocycles. The van der Waals surface area contributed by atoms with E-state index in [9.17, 15) is 31.2 Å². The van der Waals surface area contributed by atoms with Gasteiger partial charge >= 0.3 is 0 Å². The Balaban J connectivity index is 0.000000170. The van der Waals surface area contributed by atoms with Gasteiger partial charge in [0.1, 0.15) is 29.7 Å². The molecule has 2 aliphatic rings. The Hall–Kier alpha value is -6.28.